The Kier molecular flexibility index (Phi) is 8.19. The highest BCUT2D eigenvalue weighted by Crippen LogP contribution is 2.33. The van der Waals surface area contributed by atoms with E-state index in [-0.39, 0.29) is 0 Å². The highest BCUT2D eigenvalue weighted by molar-refractivity contribution is 4.74. The fourth-order valence-electron chi connectivity index (χ4n) is 3.21. The maximum Gasteiger partial charge on any atom is -0.0363 e. The van der Waals surface area contributed by atoms with E-state index >= 15 is 0 Å². The molecule has 0 saturated carbocycles. The van der Waals surface area contributed by atoms with Crippen LogP contribution in [0.15, 0.2) is 0 Å². The first kappa shape index (κ1) is 15.0. The van der Waals surface area contributed by atoms with Gasteiger partial charge in [0.05, 0.1) is 0 Å². The van der Waals surface area contributed by atoms with E-state index in [1.165, 1.54) is 32.1 Å². The molecule has 0 radical (unpaired) electrons. The smallest absolute Gasteiger partial charge is 0.0363 e. The lowest BCUT2D eigenvalue weighted by atomic mass is 9.74. The van der Waals surface area contributed by atoms with Crippen molar-refractivity contribution in [1.82, 2.24) is 0 Å². The molecule has 0 aromatic heterocycles. The van der Waals surface area contributed by atoms with Gasteiger partial charge in [-0.3, -0.25) is 0 Å². The van der Waals surface area contributed by atoms with Crippen LogP contribution in [0.3, 0.4) is 0 Å². The Hall–Kier alpha value is 0. The molecular weight excluding hydrogens is 180 g/mol. The molecule has 0 spiro atoms. The van der Waals surface area contributed by atoms with Crippen LogP contribution in [0.5, 0.6) is 0 Å². The summed E-state index contributed by atoms with van der Waals surface area (Å²) in [4.78, 5) is 0. The van der Waals surface area contributed by atoms with E-state index in [2.05, 4.69) is 41.5 Å². The van der Waals surface area contributed by atoms with E-state index in [0.717, 1.165) is 23.7 Å². The molecule has 0 heterocycles. The molecule has 0 aliphatic heterocycles. The summed E-state index contributed by atoms with van der Waals surface area (Å²) in [5.41, 5.74) is 0. The maximum absolute atomic E-state index is 2.46. The van der Waals surface area contributed by atoms with Crippen molar-refractivity contribution in [3.05, 3.63) is 0 Å². The molecule has 0 nitrogen and oxygen atoms in total. The van der Waals surface area contributed by atoms with E-state index < -0.39 is 0 Å². The lowest BCUT2D eigenvalue weighted by molar-refractivity contribution is 0.190. The zero-order valence-corrected chi connectivity index (χ0v) is 11.8. The van der Waals surface area contributed by atoms with Gasteiger partial charge in [0.25, 0.3) is 0 Å². The summed E-state index contributed by atoms with van der Waals surface area (Å²) < 4.78 is 0. The highest BCUT2D eigenvalue weighted by atomic mass is 14.3. The van der Waals surface area contributed by atoms with Crippen molar-refractivity contribution in [1.29, 1.82) is 0 Å². The molecule has 3 atom stereocenters. The largest absolute Gasteiger partial charge is 0.0654 e. The molecule has 0 aliphatic rings. The van der Waals surface area contributed by atoms with Crippen LogP contribution in [0, 0.1) is 23.7 Å². The highest BCUT2D eigenvalue weighted by Gasteiger charge is 2.23. The zero-order valence-electron chi connectivity index (χ0n) is 11.8. The number of rotatable bonds is 8. The second kappa shape index (κ2) is 8.19. The minimum Gasteiger partial charge on any atom is -0.0654 e. The summed E-state index contributed by atoms with van der Waals surface area (Å²) in [7, 11) is 0. The van der Waals surface area contributed by atoms with Crippen LogP contribution in [0.4, 0.5) is 0 Å². The Morgan fingerprint density at radius 3 is 1.80 bits per heavy atom. The Balaban J connectivity index is 4.28. The molecular formula is C15H32. The SMILES string of the molecule is CCCC(CC)C(CC)C(C)CC(C)C. The Morgan fingerprint density at radius 2 is 1.47 bits per heavy atom. The standard InChI is InChI=1S/C15H32/c1-7-10-14(8-2)15(9-3)13(6)11-12(4)5/h12-15H,7-11H2,1-6H3. The molecule has 0 aromatic rings. The van der Waals surface area contributed by atoms with Crippen LogP contribution in [0.1, 0.15) is 73.6 Å². The molecule has 3 unspecified atom stereocenters. The van der Waals surface area contributed by atoms with Crippen molar-refractivity contribution in [3.8, 4) is 0 Å². The third-order valence-electron chi connectivity index (χ3n) is 3.83. The van der Waals surface area contributed by atoms with E-state index in [4.69, 9.17) is 0 Å². The number of hydrogen-bond acceptors (Lipinski definition) is 0. The molecule has 0 heteroatoms. The quantitative estimate of drug-likeness (QED) is 0.497. The third-order valence-corrected chi connectivity index (χ3v) is 3.83. The average Bonchev–Trinajstić information content (AvgIpc) is 2.16. The van der Waals surface area contributed by atoms with Gasteiger partial charge in [0.2, 0.25) is 0 Å². The molecule has 0 N–H and O–H groups in total. The van der Waals surface area contributed by atoms with Crippen LogP contribution in [-0.4, -0.2) is 0 Å². The van der Waals surface area contributed by atoms with Crippen molar-refractivity contribution in [2.75, 3.05) is 0 Å². The Bertz CT molecular complexity index is 137. The summed E-state index contributed by atoms with van der Waals surface area (Å²) >= 11 is 0. The summed E-state index contributed by atoms with van der Waals surface area (Å²) in [5, 5.41) is 0. The summed E-state index contributed by atoms with van der Waals surface area (Å²) in [5.74, 6) is 3.69. The molecule has 0 fully saturated rings. The van der Waals surface area contributed by atoms with Crippen molar-refractivity contribution in [2.24, 2.45) is 23.7 Å². The topological polar surface area (TPSA) is 0 Å². The van der Waals surface area contributed by atoms with Gasteiger partial charge in [0, 0.05) is 0 Å². The molecule has 0 saturated heterocycles. The van der Waals surface area contributed by atoms with E-state index in [1.54, 1.807) is 0 Å². The van der Waals surface area contributed by atoms with Crippen molar-refractivity contribution >= 4 is 0 Å². The van der Waals surface area contributed by atoms with Gasteiger partial charge >= 0.3 is 0 Å². The van der Waals surface area contributed by atoms with Gasteiger partial charge in [-0.1, -0.05) is 67.2 Å². The average molecular weight is 212 g/mol. The van der Waals surface area contributed by atoms with E-state index in [0.29, 0.717) is 0 Å². The molecule has 0 bridgehead atoms. The minimum absolute atomic E-state index is 0.855. The Morgan fingerprint density at radius 1 is 0.867 bits per heavy atom. The van der Waals surface area contributed by atoms with E-state index in [1.807, 2.05) is 0 Å². The van der Waals surface area contributed by atoms with Crippen LogP contribution in [0.25, 0.3) is 0 Å². The van der Waals surface area contributed by atoms with Crippen LogP contribution < -0.4 is 0 Å². The van der Waals surface area contributed by atoms with Crippen LogP contribution >= 0.6 is 0 Å². The fourth-order valence-corrected chi connectivity index (χ4v) is 3.21. The summed E-state index contributed by atoms with van der Waals surface area (Å²) in [6, 6.07) is 0. The van der Waals surface area contributed by atoms with E-state index in [9.17, 15) is 0 Å². The maximum atomic E-state index is 2.46. The van der Waals surface area contributed by atoms with Gasteiger partial charge in [-0.2, -0.15) is 0 Å². The first-order chi connectivity index (χ1) is 7.06. The van der Waals surface area contributed by atoms with Gasteiger partial charge in [0.1, 0.15) is 0 Å². The third kappa shape index (κ3) is 5.58. The lowest BCUT2D eigenvalue weighted by Gasteiger charge is -2.31. The Labute approximate surface area is 97.8 Å². The molecule has 0 aromatic carbocycles. The second-order valence-electron chi connectivity index (χ2n) is 5.64. The van der Waals surface area contributed by atoms with Gasteiger partial charge in [-0.25, -0.2) is 0 Å². The van der Waals surface area contributed by atoms with Crippen molar-refractivity contribution in [2.45, 2.75) is 73.6 Å². The van der Waals surface area contributed by atoms with Gasteiger partial charge in [-0.15, -0.1) is 0 Å². The van der Waals surface area contributed by atoms with Crippen LogP contribution in [0.2, 0.25) is 0 Å². The summed E-state index contributed by atoms with van der Waals surface area (Å²) in [6.45, 7) is 14.2. The predicted molar refractivity (Wildman–Crippen MR) is 71.1 cm³/mol. The normalized spacial score (nSPS) is 17.8. The summed E-state index contributed by atoms with van der Waals surface area (Å²) in [6.07, 6.45) is 6.92. The number of hydrogen-bond donors (Lipinski definition) is 0. The fraction of sp³-hybridized carbons (Fsp3) is 1.00. The molecule has 15 heavy (non-hydrogen) atoms. The monoisotopic (exact) mass is 212 g/mol. The molecule has 0 amide bonds. The predicted octanol–water partition coefficient (Wildman–Crippen LogP) is 5.52. The van der Waals surface area contributed by atoms with Gasteiger partial charge in [0.15, 0.2) is 0 Å². The zero-order chi connectivity index (χ0) is 11.8. The first-order valence-electron chi connectivity index (χ1n) is 7.06. The van der Waals surface area contributed by atoms with Crippen LogP contribution in [-0.2, 0) is 0 Å². The van der Waals surface area contributed by atoms with Gasteiger partial charge < -0.3 is 0 Å². The second-order valence-corrected chi connectivity index (χ2v) is 5.64. The van der Waals surface area contributed by atoms with Crippen molar-refractivity contribution in [3.63, 3.8) is 0 Å². The lowest BCUT2D eigenvalue weighted by Crippen LogP contribution is -2.22. The van der Waals surface area contributed by atoms with Crippen molar-refractivity contribution < 1.29 is 0 Å². The minimum atomic E-state index is 0.855. The van der Waals surface area contributed by atoms with Gasteiger partial charge in [-0.05, 0) is 30.1 Å². The first-order valence-corrected chi connectivity index (χ1v) is 7.06. The molecule has 0 rings (SSSR count). The molecule has 92 valence electrons. The molecule has 0 aliphatic carbocycles.